The summed E-state index contributed by atoms with van der Waals surface area (Å²) in [6, 6.07) is 7.56. The van der Waals surface area contributed by atoms with Crippen LogP contribution in [0.4, 0.5) is 11.4 Å². The van der Waals surface area contributed by atoms with Crippen LogP contribution in [-0.4, -0.2) is 22.2 Å². The first kappa shape index (κ1) is 12.7. The first-order chi connectivity index (χ1) is 9.58. The second kappa shape index (κ2) is 4.67. The monoisotopic (exact) mass is 270 g/mol. The van der Waals surface area contributed by atoms with Crippen molar-refractivity contribution in [2.24, 2.45) is 7.05 Å². The van der Waals surface area contributed by atoms with Crippen molar-refractivity contribution in [2.45, 2.75) is 19.8 Å². The van der Waals surface area contributed by atoms with Crippen molar-refractivity contribution in [1.29, 1.82) is 0 Å². The molecule has 20 heavy (non-hydrogen) atoms. The van der Waals surface area contributed by atoms with E-state index in [0.29, 0.717) is 12.2 Å². The van der Waals surface area contributed by atoms with Gasteiger partial charge in [-0.15, -0.1) is 0 Å². The summed E-state index contributed by atoms with van der Waals surface area (Å²) in [7, 11) is 1.84. The highest BCUT2D eigenvalue weighted by atomic mass is 16.2. The molecule has 1 aromatic heterocycles. The van der Waals surface area contributed by atoms with Crippen molar-refractivity contribution in [1.82, 2.24) is 9.78 Å². The molecule has 0 fully saturated rings. The number of fused-ring (bicyclic) bond motifs is 1. The van der Waals surface area contributed by atoms with Crippen LogP contribution in [0.3, 0.4) is 0 Å². The van der Waals surface area contributed by atoms with Gasteiger partial charge in [0.1, 0.15) is 0 Å². The molecule has 0 aliphatic carbocycles. The summed E-state index contributed by atoms with van der Waals surface area (Å²) in [5, 5.41) is 4.27. The Hall–Kier alpha value is -2.30. The third kappa shape index (κ3) is 1.95. The Morgan fingerprint density at radius 3 is 2.90 bits per heavy atom. The number of carbonyl (C=O) groups excluding carboxylic acids is 1. The Morgan fingerprint density at radius 2 is 2.20 bits per heavy atom. The molecular weight excluding hydrogens is 252 g/mol. The number of anilines is 2. The van der Waals surface area contributed by atoms with Gasteiger partial charge in [-0.1, -0.05) is 6.07 Å². The fraction of sp³-hybridized carbons (Fsp3) is 0.333. The summed E-state index contributed by atoms with van der Waals surface area (Å²) in [5.74, 6) is -0.0553. The molecule has 2 heterocycles. The lowest BCUT2D eigenvalue weighted by atomic mass is 9.99. The highest BCUT2D eigenvalue weighted by Gasteiger charge is 2.26. The van der Waals surface area contributed by atoms with Crippen LogP contribution in [0.1, 0.15) is 28.2 Å². The van der Waals surface area contributed by atoms with E-state index < -0.39 is 0 Å². The van der Waals surface area contributed by atoms with Gasteiger partial charge in [-0.25, -0.2) is 0 Å². The molecule has 1 aliphatic rings. The second-order valence-electron chi connectivity index (χ2n) is 5.20. The van der Waals surface area contributed by atoms with E-state index in [1.807, 2.05) is 38.2 Å². The standard InChI is InChI=1S/C15H18N4O/c1-10-9-13(17-18(10)2)15(20)19-8-4-5-11-12(16)6-3-7-14(11)19/h3,6-7,9H,4-5,8,16H2,1-2H3. The average molecular weight is 270 g/mol. The normalized spacial score (nSPS) is 14.2. The highest BCUT2D eigenvalue weighted by Crippen LogP contribution is 2.32. The number of benzene rings is 1. The molecule has 1 aliphatic heterocycles. The zero-order valence-corrected chi connectivity index (χ0v) is 11.8. The average Bonchev–Trinajstić information content (AvgIpc) is 2.78. The summed E-state index contributed by atoms with van der Waals surface area (Å²) < 4.78 is 1.72. The summed E-state index contributed by atoms with van der Waals surface area (Å²) in [6.07, 6.45) is 1.85. The van der Waals surface area contributed by atoms with Gasteiger partial charge in [0.15, 0.2) is 5.69 Å². The molecule has 104 valence electrons. The summed E-state index contributed by atoms with van der Waals surface area (Å²) in [6.45, 7) is 2.65. The minimum Gasteiger partial charge on any atom is -0.398 e. The third-order valence-corrected chi connectivity index (χ3v) is 3.86. The summed E-state index contributed by atoms with van der Waals surface area (Å²) in [4.78, 5) is 14.4. The predicted molar refractivity (Wildman–Crippen MR) is 78.8 cm³/mol. The number of rotatable bonds is 1. The maximum absolute atomic E-state index is 12.6. The lowest BCUT2D eigenvalue weighted by Gasteiger charge is -2.29. The molecule has 0 unspecified atom stereocenters. The number of nitrogens with zero attached hydrogens (tertiary/aromatic N) is 3. The van der Waals surface area contributed by atoms with Gasteiger partial charge in [0.2, 0.25) is 0 Å². The molecule has 2 N–H and O–H groups in total. The minimum atomic E-state index is -0.0553. The van der Waals surface area contributed by atoms with E-state index in [-0.39, 0.29) is 5.91 Å². The van der Waals surface area contributed by atoms with Crippen molar-refractivity contribution in [3.05, 3.63) is 41.2 Å². The Balaban J connectivity index is 2.00. The van der Waals surface area contributed by atoms with Gasteiger partial charge in [0, 0.05) is 30.7 Å². The van der Waals surface area contributed by atoms with Gasteiger partial charge in [-0.2, -0.15) is 5.10 Å². The molecule has 5 nitrogen and oxygen atoms in total. The summed E-state index contributed by atoms with van der Waals surface area (Å²) in [5.41, 5.74) is 10.2. The van der Waals surface area contributed by atoms with E-state index in [4.69, 9.17) is 5.73 Å². The fourth-order valence-corrected chi connectivity index (χ4v) is 2.67. The fourth-order valence-electron chi connectivity index (χ4n) is 2.67. The SMILES string of the molecule is Cc1cc(C(=O)N2CCCc3c(N)cccc32)nn1C. The maximum atomic E-state index is 12.6. The van der Waals surface area contributed by atoms with E-state index in [2.05, 4.69) is 5.10 Å². The molecule has 0 radical (unpaired) electrons. The van der Waals surface area contributed by atoms with Gasteiger partial charge in [-0.3, -0.25) is 9.48 Å². The van der Waals surface area contributed by atoms with E-state index in [1.54, 1.807) is 9.58 Å². The Bertz CT molecular complexity index is 655. The quantitative estimate of drug-likeness (QED) is 0.805. The molecular formula is C15H18N4O. The molecule has 1 amide bonds. The van der Waals surface area contributed by atoms with Crippen LogP contribution < -0.4 is 10.6 Å². The number of hydrogen-bond acceptors (Lipinski definition) is 3. The Morgan fingerprint density at radius 1 is 1.40 bits per heavy atom. The van der Waals surface area contributed by atoms with Crippen LogP contribution in [0, 0.1) is 6.92 Å². The van der Waals surface area contributed by atoms with Gasteiger partial charge in [-0.05, 0) is 43.5 Å². The smallest absolute Gasteiger partial charge is 0.278 e. The molecule has 1 aromatic carbocycles. The van der Waals surface area contributed by atoms with E-state index in [0.717, 1.165) is 35.5 Å². The highest BCUT2D eigenvalue weighted by molar-refractivity contribution is 6.06. The molecule has 2 aromatic rings. The number of hydrogen-bond donors (Lipinski definition) is 1. The van der Waals surface area contributed by atoms with Crippen LogP contribution in [0.5, 0.6) is 0 Å². The second-order valence-corrected chi connectivity index (χ2v) is 5.20. The van der Waals surface area contributed by atoms with E-state index >= 15 is 0 Å². The van der Waals surface area contributed by atoms with Crippen molar-refractivity contribution in [3.63, 3.8) is 0 Å². The lowest BCUT2D eigenvalue weighted by Crippen LogP contribution is -2.36. The van der Waals surface area contributed by atoms with Crippen LogP contribution in [-0.2, 0) is 13.5 Å². The largest absolute Gasteiger partial charge is 0.398 e. The minimum absolute atomic E-state index is 0.0553. The number of aryl methyl sites for hydroxylation is 2. The number of amides is 1. The summed E-state index contributed by atoms with van der Waals surface area (Å²) >= 11 is 0. The van der Waals surface area contributed by atoms with E-state index in [1.165, 1.54) is 0 Å². The Kier molecular flexibility index (Phi) is 2.97. The van der Waals surface area contributed by atoms with Gasteiger partial charge < -0.3 is 10.6 Å². The van der Waals surface area contributed by atoms with Crippen LogP contribution >= 0.6 is 0 Å². The first-order valence-electron chi connectivity index (χ1n) is 6.78. The number of nitrogen functional groups attached to an aromatic ring is 1. The van der Waals surface area contributed by atoms with Crippen molar-refractivity contribution >= 4 is 17.3 Å². The molecule has 0 saturated heterocycles. The molecule has 0 saturated carbocycles. The third-order valence-electron chi connectivity index (χ3n) is 3.86. The molecule has 0 atom stereocenters. The van der Waals surface area contributed by atoms with Crippen molar-refractivity contribution < 1.29 is 4.79 Å². The van der Waals surface area contributed by atoms with Crippen molar-refractivity contribution in [2.75, 3.05) is 17.2 Å². The maximum Gasteiger partial charge on any atom is 0.278 e. The van der Waals surface area contributed by atoms with Crippen molar-refractivity contribution in [3.8, 4) is 0 Å². The number of carbonyl (C=O) groups is 1. The van der Waals surface area contributed by atoms with E-state index in [9.17, 15) is 4.79 Å². The van der Waals surface area contributed by atoms with Crippen LogP contribution in [0.2, 0.25) is 0 Å². The zero-order chi connectivity index (χ0) is 14.3. The topological polar surface area (TPSA) is 64.2 Å². The number of aromatic nitrogens is 2. The lowest BCUT2D eigenvalue weighted by molar-refractivity contribution is 0.0979. The molecule has 5 heteroatoms. The van der Waals surface area contributed by atoms with Gasteiger partial charge in [0.05, 0.1) is 0 Å². The van der Waals surface area contributed by atoms with Gasteiger partial charge in [0.25, 0.3) is 5.91 Å². The van der Waals surface area contributed by atoms with Gasteiger partial charge >= 0.3 is 0 Å². The molecule has 3 rings (SSSR count). The molecule has 0 spiro atoms. The zero-order valence-electron chi connectivity index (χ0n) is 11.8. The van der Waals surface area contributed by atoms with Crippen LogP contribution in [0.25, 0.3) is 0 Å². The number of nitrogens with two attached hydrogens (primary N) is 1. The molecule has 0 bridgehead atoms. The predicted octanol–water partition coefficient (Wildman–Crippen LogP) is 1.90. The first-order valence-corrected chi connectivity index (χ1v) is 6.78. The Labute approximate surface area is 118 Å². The van der Waals surface area contributed by atoms with Crippen LogP contribution in [0.15, 0.2) is 24.3 Å².